The molecule has 0 unspecified atom stereocenters. The van der Waals surface area contributed by atoms with Crippen molar-refractivity contribution in [3.05, 3.63) is 29.8 Å². The molecule has 112 valence electrons. The monoisotopic (exact) mass is 298 g/mol. The van der Waals surface area contributed by atoms with Gasteiger partial charge in [-0.2, -0.15) is 0 Å². The molecule has 1 aromatic carbocycles. The van der Waals surface area contributed by atoms with Crippen LogP contribution in [0.5, 0.6) is 0 Å². The first-order valence-electron chi connectivity index (χ1n) is 6.61. The van der Waals surface area contributed by atoms with Crippen LogP contribution in [0.3, 0.4) is 0 Å². The van der Waals surface area contributed by atoms with E-state index in [2.05, 4.69) is 12.2 Å². The summed E-state index contributed by atoms with van der Waals surface area (Å²) in [6.07, 6.45) is 2.13. The summed E-state index contributed by atoms with van der Waals surface area (Å²) in [5, 5.41) is 3.21. The molecule has 1 amide bonds. The van der Waals surface area contributed by atoms with Gasteiger partial charge in [-0.25, -0.2) is 8.42 Å². The van der Waals surface area contributed by atoms with Crippen LogP contribution in [0.15, 0.2) is 24.3 Å². The Morgan fingerprint density at radius 3 is 2.55 bits per heavy atom. The van der Waals surface area contributed by atoms with E-state index < -0.39 is 9.84 Å². The molecule has 0 saturated carbocycles. The van der Waals surface area contributed by atoms with Gasteiger partial charge in [0, 0.05) is 32.1 Å². The molecule has 0 aliphatic carbocycles. The highest BCUT2D eigenvalue weighted by Gasteiger charge is 2.16. The molecule has 5 nitrogen and oxygen atoms in total. The summed E-state index contributed by atoms with van der Waals surface area (Å²) in [6, 6.07) is 7.27. The van der Waals surface area contributed by atoms with E-state index in [1.165, 1.54) is 11.2 Å². The summed E-state index contributed by atoms with van der Waals surface area (Å²) in [5.41, 5.74) is 1.35. The molecule has 1 rings (SSSR count). The molecular formula is C14H22N2O3S. The maximum Gasteiger partial charge on any atom is 0.255 e. The molecular weight excluding hydrogens is 276 g/mol. The summed E-state index contributed by atoms with van der Waals surface area (Å²) in [4.78, 5) is 13.8. The molecule has 0 bridgehead atoms. The Morgan fingerprint density at radius 2 is 1.95 bits per heavy atom. The van der Waals surface area contributed by atoms with Crippen molar-refractivity contribution in [2.45, 2.75) is 13.3 Å². The van der Waals surface area contributed by atoms with E-state index in [1.807, 2.05) is 12.1 Å². The first kappa shape index (κ1) is 16.5. The number of rotatable bonds is 7. The number of para-hydroxylation sites is 1. The lowest BCUT2D eigenvalue weighted by Crippen LogP contribution is -2.32. The van der Waals surface area contributed by atoms with Gasteiger partial charge in [0.25, 0.3) is 5.91 Å². The van der Waals surface area contributed by atoms with Crippen LogP contribution in [0.2, 0.25) is 0 Å². The van der Waals surface area contributed by atoms with Crippen molar-refractivity contribution < 1.29 is 13.2 Å². The van der Waals surface area contributed by atoms with Gasteiger partial charge in [-0.05, 0) is 18.6 Å². The van der Waals surface area contributed by atoms with E-state index in [4.69, 9.17) is 0 Å². The molecule has 20 heavy (non-hydrogen) atoms. The van der Waals surface area contributed by atoms with E-state index in [-0.39, 0.29) is 18.2 Å². The molecule has 6 heteroatoms. The average molecular weight is 298 g/mol. The number of nitrogens with one attached hydrogen (secondary N) is 1. The number of carbonyl (C=O) groups is 1. The van der Waals surface area contributed by atoms with E-state index >= 15 is 0 Å². The van der Waals surface area contributed by atoms with Gasteiger partial charge in [-0.1, -0.05) is 19.1 Å². The number of hydrogen-bond donors (Lipinski definition) is 1. The van der Waals surface area contributed by atoms with Gasteiger partial charge in [-0.3, -0.25) is 4.79 Å². The Hall–Kier alpha value is -1.56. The van der Waals surface area contributed by atoms with Crippen LogP contribution in [0.25, 0.3) is 0 Å². The lowest BCUT2D eigenvalue weighted by molar-refractivity contribution is 0.0804. The van der Waals surface area contributed by atoms with Crippen molar-refractivity contribution in [3.8, 4) is 0 Å². The van der Waals surface area contributed by atoms with Crippen molar-refractivity contribution in [3.63, 3.8) is 0 Å². The van der Waals surface area contributed by atoms with E-state index in [0.29, 0.717) is 5.56 Å². The van der Waals surface area contributed by atoms with Gasteiger partial charge in [0.05, 0.1) is 11.3 Å². The Kier molecular flexibility index (Phi) is 6.01. The largest absolute Gasteiger partial charge is 0.384 e. The van der Waals surface area contributed by atoms with Crippen LogP contribution < -0.4 is 5.32 Å². The lowest BCUT2D eigenvalue weighted by atomic mass is 10.1. The second kappa shape index (κ2) is 7.28. The van der Waals surface area contributed by atoms with Crippen molar-refractivity contribution in [2.75, 3.05) is 37.5 Å². The van der Waals surface area contributed by atoms with Crippen LogP contribution in [-0.2, 0) is 9.84 Å². The predicted octanol–water partition coefficient (Wildman–Crippen LogP) is 1.63. The third-order valence-corrected chi connectivity index (χ3v) is 3.79. The maximum atomic E-state index is 12.3. The second-order valence-electron chi connectivity index (χ2n) is 4.83. The normalized spacial score (nSPS) is 11.2. The molecule has 1 N–H and O–H groups in total. The van der Waals surface area contributed by atoms with Gasteiger partial charge in [0.15, 0.2) is 0 Å². The van der Waals surface area contributed by atoms with E-state index in [1.54, 1.807) is 19.2 Å². The Bertz CT molecular complexity index is 555. The first-order valence-corrected chi connectivity index (χ1v) is 8.67. The number of hydrogen-bond acceptors (Lipinski definition) is 4. The summed E-state index contributed by atoms with van der Waals surface area (Å²) < 4.78 is 22.3. The summed E-state index contributed by atoms with van der Waals surface area (Å²) >= 11 is 0. The second-order valence-corrected chi connectivity index (χ2v) is 7.09. The Labute approximate surface area is 120 Å². The van der Waals surface area contributed by atoms with Gasteiger partial charge in [0.1, 0.15) is 9.84 Å². The third kappa shape index (κ3) is 5.21. The summed E-state index contributed by atoms with van der Waals surface area (Å²) in [6.45, 7) is 3.03. The smallest absolute Gasteiger partial charge is 0.255 e. The molecule has 0 aliphatic rings. The highest BCUT2D eigenvalue weighted by atomic mass is 32.2. The molecule has 0 aliphatic heterocycles. The number of anilines is 1. The minimum absolute atomic E-state index is 0.0280. The van der Waals surface area contributed by atoms with Gasteiger partial charge in [-0.15, -0.1) is 0 Å². The fourth-order valence-corrected chi connectivity index (χ4v) is 2.30. The summed E-state index contributed by atoms with van der Waals surface area (Å²) in [7, 11) is -1.45. The SMILES string of the molecule is CCCNc1ccccc1C(=O)N(C)CCS(C)(=O)=O. The zero-order chi connectivity index (χ0) is 15.2. The highest BCUT2D eigenvalue weighted by molar-refractivity contribution is 7.90. The molecule has 0 fully saturated rings. The van der Waals surface area contributed by atoms with Gasteiger partial charge < -0.3 is 10.2 Å². The van der Waals surface area contributed by atoms with Crippen LogP contribution in [0.1, 0.15) is 23.7 Å². The van der Waals surface area contributed by atoms with Crippen LogP contribution in [0, 0.1) is 0 Å². The maximum absolute atomic E-state index is 12.3. The van der Waals surface area contributed by atoms with Crippen molar-refractivity contribution in [2.24, 2.45) is 0 Å². The highest BCUT2D eigenvalue weighted by Crippen LogP contribution is 2.16. The van der Waals surface area contributed by atoms with Crippen molar-refractivity contribution in [1.29, 1.82) is 0 Å². The average Bonchev–Trinajstić information content (AvgIpc) is 2.41. The standard InChI is InChI=1S/C14H22N2O3S/c1-4-9-15-13-8-6-5-7-12(13)14(17)16(2)10-11-20(3,18)19/h5-8,15H,4,9-11H2,1-3H3. The minimum Gasteiger partial charge on any atom is -0.384 e. The Morgan fingerprint density at radius 1 is 1.30 bits per heavy atom. The minimum atomic E-state index is -3.07. The van der Waals surface area contributed by atoms with Gasteiger partial charge in [0.2, 0.25) is 0 Å². The number of amides is 1. The first-order chi connectivity index (χ1) is 9.35. The van der Waals surface area contributed by atoms with E-state index in [0.717, 1.165) is 18.7 Å². The molecule has 1 aromatic rings. The van der Waals surface area contributed by atoms with Crippen molar-refractivity contribution >= 4 is 21.4 Å². The number of nitrogens with zero attached hydrogens (tertiary/aromatic N) is 1. The predicted molar refractivity (Wildman–Crippen MR) is 81.9 cm³/mol. The molecule has 0 heterocycles. The third-order valence-electron chi connectivity index (χ3n) is 2.87. The topological polar surface area (TPSA) is 66.5 Å². The molecule has 0 aromatic heterocycles. The Balaban J connectivity index is 2.80. The quantitative estimate of drug-likeness (QED) is 0.831. The summed E-state index contributed by atoms with van der Waals surface area (Å²) in [5.74, 6) is -0.201. The van der Waals surface area contributed by atoms with Crippen LogP contribution in [-0.4, -0.2) is 51.4 Å². The van der Waals surface area contributed by atoms with Crippen molar-refractivity contribution in [1.82, 2.24) is 4.90 Å². The fourth-order valence-electron chi connectivity index (χ4n) is 1.69. The van der Waals surface area contributed by atoms with E-state index in [9.17, 15) is 13.2 Å². The fraction of sp³-hybridized carbons (Fsp3) is 0.500. The zero-order valence-corrected chi connectivity index (χ0v) is 13.0. The molecule has 0 radical (unpaired) electrons. The van der Waals surface area contributed by atoms with Crippen LogP contribution >= 0.6 is 0 Å². The van der Waals surface area contributed by atoms with Gasteiger partial charge >= 0.3 is 0 Å². The number of carbonyl (C=O) groups excluding carboxylic acids is 1. The lowest BCUT2D eigenvalue weighted by Gasteiger charge is -2.19. The molecule has 0 spiro atoms. The number of sulfone groups is 1. The zero-order valence-electron chi connectivity index (χ0n) is 12.2. The van der Waals surface area contributed by atoms with Crippen LogP contribution in [0.4, 0.5) is 5.69 Å². The molecule has 0 atom stereocenters. The molecule has 0 saturated heterocycles. The number of benzene rings is 1.